The molecule has 31 heavy (non-hydrogen) atoms. The van der Waals surface area contributed by atoms with Crippen molar-refractivity contribution in [2.45, 2.75) is 32.2 Å². The van der Waals surface area contributed by atoms with Crippen molar-refractivity contribution in [3.05, 3.63) is 65.8 Å². The van der Waals surface area contributed by atoms with Crippen LogP contribution in [-0.2, 0) is 20.9 Å². The lowest BCUT2D eigenvalue weighted by atomic mass is 10.0. The zero-order chi connectivity index (χ0) is 22.1. The number of rotatable bonds is 9. The molecule has 1 amide bonds. The lowest BCUT2D eigenvalue weighted by Crippen LogP contribution is -2.34. The number of carbonyl (C=O) groups excluding carboxylic acids is 2. The second kappa shape index (κ2) is 11.1. The van der Waals surface area contributed by atoms with E-state index in [4.69, 9.17) is 18.6 Å². The van der Waals surface area contributed by atoms with Gasteiger partial charge < -0.3 is 23.5 Å². The molecule has 1 aliphatic carbocycles. The maximum Gasteiger partial charge on any atom is 0.331 e. The van der Waals surface area contributed by atoms with Gasteiger partial charge in [-0.1, -0.05) is 18.2 Å². The Balaban J connectivity index is 1.63. The normalized spacial score (nSPS) is 13.5. The van der Waals surface area contributed by atoms with E-state index in [1.54, 1.807) is 48.6 Å². The van der Waals surface area contributed by atoms with Gasteiger partial charge in [0, 0.05) is 17.3 Å². The van der Waals surface area contributed by atoms with Crippen molar-refractivity contribution in [2.75, 3.05) is 20.8 Å². The Morgan fingerprint density at radius 3 is 2.68 bits per heavy atom. The molecule has 0 saturated heterocycles. The molecular formula is C24H27NO6. The lowest BCUT2D eigenvalue weighted by Gasteiger charge is -2.26. The van der Waals surface area contributed by atoms with Gasteiger partial charge >= 0.3 is 5.97 Å². The minimum atomic E-state index is -0.617. The van der Waals surface area contributed by atoms with Crippen LogP contribution in [0.25, 0.3) is 6.08 Å². The highest BCUT2D eigenvalue weighted by atomic mass is 16.5. The summed E-state index contributed by atoms with van der Waals surface area (Å²) in [5, 5.41) is 0. The molecule has 0 spiro atoms. The first-order valence-corrected chi connectivity index (χ1v) is 10.2. The van der Waals surface area contributed by atoms with Crippen LogP contribution in [0.15, 0.2) is 58.9 Å². The van der Waals surface area contributed by atoms with Crippen LogP contribution < -0.4 is 9.47 Å². The average Bonchev–Trinajstić information content (AvgIpc) is 3.33. The largest absolute Gasteiger partial charge is 0.493 e. The second-order valence-electron chi connectivity index (χ2n) is 7.02. The first kappa shape index (κ1) is 22.2. The van der Waals surface area contributed by atoms with Gasteiger partial charge in [-0.25, -0.2) is 4.79 Å². The molecule has 0 atom stereocenters. The van der Waals surface area contributed by atoms with Crippen LogP contribution in [-0.4, -0.2) is 37.6 Å². The third-order valence-electron chi connectivity index (χ3n) is 4.98. The summed E-state index contributed by atoms with van der Waals surface area (Å²) < 4.78 is 21.2. The number of allylic oxidation sites excluding steroid dienone is 2. The SMILES string of the molecule is COc1cccc(/C=C/C(=O)OCC(=O)N(Cc2ccco2)C2=CCCCC2)c1OC. The molecule has 2 aromatic rings. The van der Waals surface area contributed by atoms with Crippen molar-refractivity contribution in [1.29, 1.82) is 0 Å². The average molecular weight is 425 g/mol. The van der Waals surface area contributed by atoms with Crippen molar-refractivity contribution in [3.63, 3.8) is 0 Å². The van der Waals surface area contributed by atoms with E-state index >= 15 is 0 Å². The number of ether oxygens (including phenoxy) is 3. The summed E-state index contributed by atoms with van der Waals surface area (Å²) in [6.45, 7) is -0.0392. The Bertz CT molecular complexity index is 945. The fourth-order valence-corrected chi connectivity index (χ4v) is 3.43. The van der Waals surface area contributed by atoms with Gasteiger partial charge in [0.25, 0.3) is 5.91 Å². The summed E-state index contributed by atoms with van der Waals surface area (Å²) in [6.07, 6.45) is 10.4. The number of carbonyl (C=O) groups is 2. The molecule has 0 aliphatic heterocycles. The van der Waals surface area contributed by atoms with Crippen LogP contribution in [0.1, 0.15) is 37.0 Å². The number of amides is 1. The van der Waals surface area contributed by atoms with Gasteiger partial charge in [-0.2, -0.15) is 0 Å². The first-order chi connectivity index (χ1) is 15.1. The van der Waals surface area contributed by atoms with Gasteiger partial charge in [-0.05, 0) is 50.0 Å². The molecule has 1 heterocycles. The lowest BCUT2D eigenvalue weighted by molar-refractivity contribution is -0.147. The molecule has 164 valence electrons. The van der Waals surface area contributed by atoms with Crippen LogP contribution in [0.2, 0.25) is 0 Å². The van der Waals surface area contributed by atoms with Gasteiger partial charge in [0.05, 0.1) is 27.0 Å². The van der Waals surface area contributed by atoms with Crippen molar-refractivity contribution in [1.82, 2.24) is 4.90 Å². The molecule has 1 aromatic carbocycles. The number of nitrogens with zero attached hydrogens (tertiary/aromatic N) is 1. The molecule has 7 nitrogen and oxygen atoms in total. The Labute approximate surface area is 181 Å². The van der Waals surface area contributed by atoms with E-state index in [0.29, 0.717) is 29.4 Å². The molecule has 0 N–H and O–H groups in total. The molecule has 1 aromatic heterocycles. The number of furan rings is 1. The summed E-state index contributed by atoms with van der Waals surface area (Å²) in [7, 11) is 3.07. The van der Waals surface area contributed by atoms with Crippen LogP contribution in [0.5, 0.6) is 11.5 Å². The molecule has 0 bridgehead atoms. The quantitative estimate of drug-likeness (QED) is 0.439. The topological polar surface area (TPSA) is 78.2 Å². The molecule has 0 fully saturated rings. The predicted octanol–water partition coefficient (Wildman–Crippen LogP) is 4.34. The minimum Gasteiger partial charge on any atom is -0.493 e. The Kier molecular flexibility index (Phi) is 7.92. The fraction of sp³-hybridized carbons (Fsp3) is 0.333. The molecule has 1 aliphatic rings. The van der Waals surface area contributed by atoms with Crippen molar-refractivity contribution in [3.8, 4) is 11.5 Å². The van der Waals surface area contributed by atoms with E-state index in [1.165, 1.54) is 13.2 Å². The first-order valence-electron chi connectivity index (χ1n) is 10.2. The van der Waals surface area contributed by atoms with Crippen molar-refractivity contribution in [2.24, 2.45) is 0 Å². The number of esters is 1. The van der Waals surface area contributed by atoms with Crippen molar-refractivity contribution < 1.29 is 28.2 Å². The van der Waals surface area contributed by atoms with E-state index in [9.17, 15) is 9.59 Å². The molecule has 0 unspecified atom stereocenters. The minimum absolute atomic E-state index is 0.287. The summed E-state index contributed by atoms with van der Waals surface area (Å²) >= 11 is 0. The zero-order valence-corrected chi connectivity index (χ0v) is 17.8. The van der Waals surface area contributed by atoms with Gasteiger partial charge in [-0.3, -0.25) is 4.79 Å². The number of benzene rings is 1. The van der Waals surface area contributed by atoms with Gasteiger partial charge in [0.15, 0.2) is 18.1 Å². The van der Waals surface area contributed by atoms with Crippen LogP contribution in [0.4, 0.5) is 0 Å². The van der Waals surface area contributed by atoms with Crippen LogP contribution in [0.3, 0.4) is 0 Å². The maximum atomic E-state index is 12.8. The van der Waals surface area contributed by atoms with E-state index in [-0.39, 0.29) is 12.5 Å². The number of hydrogen-bond acceptors (Lipinski definition) is 6. The molecule has 0 saturated carbocycles. The van der Waals surface area contributed by atoms with E-state index in [2.05, 4.69) is 6.08 Å². The fourth-order valence-electron chi connectivity index (χ4n) is 3.43. The molecule has 0 radical (unpaired) electrons. The highest BCUT2D eigenvalue weighted by Crippen LogP contribution is 2.31. The standard InChI is InChI=1S/C24H27NO6/c1-28-21-12-6-8-18(24(21)29-2)13-14-23(27)31-17-22(26)25(16-20-11-7-15-30-20)19-9-4-3-5-10-19/h6-9,11-15H,3-5,10,16-17H2,1-2H3/b14-13+. The molecular weight excluding hydrogens is 398 g/mol. The highest BCUT2D eigenvalue weighted by Gasteiger charge is 2.22. The summed E-state index contributed by atoms with van der Waals surface area (Å²) in [5.41, 5.74) is 1.61. The number of methoxy groups -OCH3 is 2. The van der Waals surface area contributed by atoms with Gasteiger partial charge in [0.1, 0.15) is 5.76 Å². The number of hydrogen-bond donors (Lipinski definition) is 0. The second-order valence-corrected chi connectivity index (χ2v) is 7.02. The summed E-state index contributed by atoms with van der Waals surface area (Å²) in [6, 6.07) is 8.95. The smallest absolute Gasteiger partial charge is 0.331 e. The predicted molar refractivity (Wildman–Crippen MR) is 115 cm³/mol. The van der Waals surface area contributed by atoms with Crippen LogP contribution in [0, 0.1) is 0 Å². The highest BCUT2D eigenvalue weighted by molar-refractivity contribution is 5.90. The third kappa shape index (κ3) is 6.01. The van der Waals surface area contributed by atoms with E-state index < -0.39 is 5.97 Å². The number of para-hydroxylation sites is 1. The summed E-state index contributed by atoms with van der Waals surface area (Å²) in [5.74, 6) is 0.844. The van der Waals surface area contributed by atoms with Crippen LogP contribution >= 0.6 is 0 Å². The Morgan fingerprint density at radius 1 is 1.13 bits per heavy atom. The Hall–Kier alpha value is -3.48. The molecule has 3 rings (SSSR count). The zero-order valence-electron chi connectivity index (χ0n) is 17.8. The van der Waals surface area contributed by atoms with E-state index in [1.807, 2.05) is 6.07 Å². The third-order valence-corrected chi connectivity index (χ3v) is 4.98. The molecule has 7 heteroatoms. The van der Waals surface area contributed by atoms with Gasteiger partial charge in [0.2, 0.25) is 0 Å². The maximum absolute atomic E-state index is 12.8. The van der Waals surface area contributed by atoms with E-state index in [0.717, 1.165) is 31.4 Å². The summed E-state index contributed by atoms with van der Waals surface area (Å²) in [4.78, 5) is 26.7. The van der Waals surface area contributed by atoms with Crippen molar-refractivity contribution >= 4 is 18.0 Å². The Morgan fingerprint density at radius 2 is 2.00 bits per heavy atom. The van der Waals surface area contributed by atoms with Gasteiger partial charge in [-0.15, -0.1) is 0 Å². The monoisotopic (exact) mass is 425 g/mol.